The number of hydrogen-bond donors (Lipinski definition) is 2. The molecule has 7 heteroatoms. The molecule has 0 heterocycles. The summed E-state index contributed by atoms with van der Waals surface area (Å²) in [6.07, 6.45) is 3.39. The standard InChI is InChI=1S/C14H19NO5S/c1-2-8-20-13-7-6-11(9-12(13)14(16)17)21(18,19)15-10-4-3-5-10/h6-7,9-10,15H,2-5,8H2,1H3,(H,16,17). The van der Waals surface area contributed by atoms with Gasteiger partial charge in [0.25, 0.3) is 0 Å². The zero-order valence-electron chi connectivity index (χ0n) is 11.8. The number of ether oxygens (including phenoxy) is 1. The molecule has 1 saturated carbocycles. The van der Waals surface area contributed by atoms with E-state index >= 15 is 0 Å². The van der Waals surface area contributed by atoms with Crippen molar-refractivity contribution in [3.63, 3.8) is 0 Å². The summed E-state index contributed by atoms with van der Waals surface area (Å²) in [6, 6.07) is 3.88. The molecular weight excluding hydrogens is 294 g/mol. The first-order valence-electron chi connectivity index (χ1n) is 6.96. The molecule has 0 atom stereocenters. The molecule has 0 unspecified atom stereocenters. The van der Waals surface area contributed by atoms with Crippen molar-refractivity contribution < 1.29 is 23.1 Å². The van der Waals surface area contributed by atoms with Gasteiger partial charge >= 0.3 is 5.97 Å². The van der Waals surface area contributed by atoms with Crippen LogP contribution in [-0.2, 0) is 10.0 Å². The summed E-state index contributed by atoms with van der Waals surface area (Å²) in [5.41, 5.74) is -0.139. The predicted molar refractivity (Wildman–Crippen MR) is 77.1 cm³/mol. The zero-order chi connectivity index (χ0) is 15.5. The van der Waals surface area contributed by atoms with Crippen LogP contribution in [0.5, 0.6) is 5.75 Å². The van der Waals surface area contributed by atoms with Crippen LogP contribution in [0.2, 0.25) is 0 Å². The number of benzene rings is 1. The van der Waals surface area contributed by atoms with E-state index in [1.807, 2.05) is 6.92 Å². The minimum atomic E-state index is -3.68. The Morgan fingerprint density at radius 3 is 2.67 bits per heavy atom. The maximum Gasteiger partial charge on any atom is 0.339 e. The first kappa shape index (κ1) is 15.8. The van der Waals surface area contributed by atoms with E-state index < -0.39 is 16.0 Å². The lowest BCUT2D eigenvalue weighted by molar-refractivity contribution is 0.0692. The molecule has 0 spiro atoms. The van der Waals surface area contributed by atoms with Crippen molar-refractivity contribution >= 4 is 16.0 Å². The first-order valence-corrected chi connectivity index (χ1v) is 8.45. The van der Waals surface area contributed by atoms with E-state index in [1.165, 1.54) is 12.1 Å². The number of carboxylic acids is 1. The van der Waals surface area contributed by atoms with Gasteiger partial charge in [0, 0.05) is 6.04 Å². The Hall–Kier alpha value is -1.60. The molecule has 6 nitrogen and oxygen atoms in total. The van der Waals surface area contributed by atoms with E-state index in [4.69, 9.17) is 4.74 Å². The molecule has 0 radical (unpaired) electrons. The van der Waals surface area contributed by atoms with Crippen LogP contribution in [0, 0.1) is 0 Å². The van der Waals surface area contributed by atoms with Crippen molar-refractivity contribution in [2.45, 2.75) is 43.5 Å². The van der Waals surface area contributed by atoms with Gasteiger partial charge in [-0.25, -0.2) is 17.9 Å². The predicted octanol–water partition coefficient (Wildman–Crippen LogP) is 2.00. The maximum atomic E-state index is 12.2. The summed E-state index contributed by atoms with van der Waals surface area (Å²) in [5, 5.41) is 9.20. The number of nitrogens with one attached hydrogen (secondary N) is 1. The van der Waals surface area contributed by atoms with E-state index in [9.17, 15) is 18.3 Å². The van der Waals surface area contributed by atoms with E-state index in [0.29, 0.717) is 6.61 Å². The highest BCUT2D eigenvalue weighted by Gasteiger charge is 2.26. The smallest absolute Gasteiger partial charge is 0.339 e. The molecule has 1 aliphatic carbocycles. The molecule has 0 saturated heterocycles. The van der Waals surface area contributed by atoms with Crippen molar-refractivity contribution in [2.75, 3.05) is 6.61 Å². The summed E-state index contributed by atoms with van der Waals surface area (Å²) in [5.74, 6) is -1.02. The number of sulfonamides is 1. The summed E-state index contributed by atoms with van der Waals surface area (Å²) < 4.78 is 32.3. The average Bonchev–Trinajstić information content (AvgIpc) is 2.40. The number of hydrogen-bond acceptors (Lipinski definition) is 4. The van der Waals surface area contributed by atoms with Crippen molar-refractivity contribution in [1.29, 1.82) is 0 Å². The Balaban J connectivity index is 2.27. The first-order chi connectivity index (χ1) is 9.94. The Kier molecular flexibility index (Phi) is 4.84. The van der Waals surface area contributed by atoms with Crippen LogP contribution >= 0.6 is 0 Å². The molecule has 0 bridgehead atoms. The summed E-state index contributed by atoms with van der Waals surface area (Å²) in [6.45, 7) is 2.29. The highest BCUT2D eigenvalue weighted by Crippen LogP contribution is 2.25. The second-order valence-electron chi connectivity index (χ2n) is 5.06. The number of carbonyl (C=O) groups is 1. The van der Waals surface area contributed by atoms with Crippen molar-refractivity contribution in [1.82, 2.24) is 4.72 Å². The molecule has 21 heavy (non-hydrogen) atoms. The Labute approximate surface area is 124 Å². The van der Waals surface area contributed by atoms with Gasteiger partial charge in [0.05, 0.1) is 11.5 Å². The van der Waals surface area contributed by atoms with Crippen LogP contribution in [0.3, 0.4) is 0 Å². The number of aromatic carboxylic acids is 1. The molecule has 1 aromatic rings. The normalized spacial score (nSPS) is 15.5. The van der Waals surface area contributed by atoms with Crippen molar-refractivity contribution in [2.24, 2.45) is 0 Å². The second-order valence-corrected chi connectivity index (χ2v) is 6.77. The van der Waals surface area contributed by atoms with Gasteiger partial charge in [-0.3, -0.25) is 0 Å². The van der Waals surface area contributed by atoms with E-state index in [1.54, 1.807) is 0 Å². The topological polar surface area (TPSA) is 92.7 Å². The summed E-state index contributed by atoms with van der Waals surface area (Å²) in [7, 11) is -3.68. The second kappa shape index (κ2) is 6.44. The van der Waals surface area contributed by atoms with Gasteiger partial charge < -0.3 is 9.84 Å². The van der Waals surface area contributed by atoms with E-state index in [0.717, 1.165) is 31.7 Å². The molecule has 1 aliphatic rings. The Bertz CT molecular complexity index is 622. The van der Waals surface area contributed by atoms with Gasteiger partial charge in [-0.1, -0.05) is 13.3 Å². The largest absolute Gasteiger partial charge is 0.493 e. The lowest BCUT2D eigenvalue weighted by Gasteiger charge is -2.26. The lowest BCUT2D eigenvalue weighted by atomic mass is 9.94. The van der Waals surface area contributed by atoms with Gasteiger partial charge in [0.2, 0.25) is 10.0 Å². The van der Waals surface area contributed by atoms with Crippen LogP contribution in [0.1, 0.15) is 43.0 Å². The number of carboxylic acid groups (broad SMARTS) is 1. The van der Waals surface area contributed by atoms with E-state index in [-0.39, 0.29) is 22.3 Å². The van der Waals surface area contributed by atoms with E-state index in [2.05, 4.69) is 4.72 Å². The molecule has 116 valence electrons. The third-order valence-electron chi connectivity index (χ3n) is 3.38. The molecule has 0 amide bonds. The molecule has 2 rings (SSSR count). The van der Waals surface area contributed by atoms with Gasteiger partial charge in [-0.2, -0.15) is 0 Å². The fourth-order valence-electron chi connectivity index (χ4n) is 1.99. The third kappa shape index (κ3) is 3.74. The van der Waals surface area contributed by atoms with Gasteiger partial charge in [0.15, 0.2) is 0 Å². The molecule has 0 aliphatic heterocycles. The fourth-order valence-corrected chi connectivity index (χ4v) is 3.33. The van der Waals surface area contributed by atoms with Crippen LogP contribution in [0.25, 0.3) is 0 Å². The minimum Gasteiger partial charge on any atom is -0.493 e. The molecule has 2 N–H and O–H groups in total. The fraction of sp³-hybridized carbons (Fsp3) is 0.500. The van der Waals surface area contributed by atoms with Crippen LogP contribution in [-0.4, -0.2) is 32.1 Å². The third-order valence-corrected chi connectivity index (χ3v) is 4.90. The van der Waals surface area contributed by atoms with Gasteiger partial charge in [-0.15, -0.1) is 0 Å². The minimum absolute atomic E-state index is 0.0423. The van der Waals surface area contributed by atoms with Crippen LogP contribution in [0.15, 0.2) is 23.1 Å². The lowest BCUT2D eigenvalue weighted by Crippen LogP contribution is -2.39. The molecule has 1 aromatic carbocycles. The van der Waals surface area contributed by atoms with Crippen LogP contribution in [0.4, 0.5) is 0 Å². The Morgan fingerprint density at radius 2 is 2.14 bits per heavy atom. The summed E-state index contributed by atoms with van der Waals surface area (Å²) in [4.78, 5) is 11.2. The highest BCUT2D eigenvalue weighted by atomic mass is 32.2. The molecule has 0 aromatic heterocycles. The maximum absolute atomic E-state index is 12.2. The monoisotopic (exact) mass is 313 g/mol. The summed E-state index contributed by atoms with van der Waals surface area (Å²) >= 11 is 0. The van der Waals surface area contributed by atoms with Gasteiger partial charge in [0.1, 0.15) is 11.3 Å². The van der Waals surface area contributed by atoms with Gasteiger partial charge in [-0.05, 0) is 37.5 Å². The SMILES string of the molecule is CCCOc1ccc(S(=O)(=O)NC2CCC2)cc1C(=O)O. The number of rotatable bonds is 7. The molecular formula is C14H19NO5S. The highest BCUT2D eigenvalue weighted by molar-refractivity contribution is 7.89. The molecule has 1 fully saturated rings. The van der Waals surface area contributed by atoms with Crippen molar-refractivity contribution in [3.05, 3.63) is 23.8 Å². The van der Waals surface area contributed by atoms with Crippen LogP contribution < -0.4 is 9.46 Å². The average molecular weight is 313 g/mol. The Morgan fingerprint density at radius 1 is 1.43 bits per heavy atom. The quantitative estimate of drug-likeness (QED) is 0.803. The van der Waals surface area contributed by atoms with Crippen molar-refractivity contribution in [3.8, 4) is 5.75 Å². The zero-order valence-corrected chi connectivity index (χ0v) is 12.6.